The highest BCUT2D eigenvalue weighted by molar-refractivity contribution is 6.32. The van der Waals surface area contributed by atoms with Crippen molar-refractivity contribution >= 4 is 22.6 Å². The van der Waals surface area contributed by atoms with Crippen LogP contribution in [0.2, 0.25) is 5.02 Å². The first-order valence-electron chi connectivity index (χ1n) is 7.60. The maximum absolute atomic E-state index is 6.09. The lowest BCUT2D eigenvalue weighted by molar-refractivity contribution is 0.174. The number of aromatic nitrogens is 2. The number of nitrogens with zero attached hydrogens (tertiary/aromatic N) is 2. The summed E-state index contributed by atoms with van der Waals surface area (Å²) in [5, 5.41) is 0.639. The molecular formula is C18H19ClN2O2. The minimum absolute atomic E-state index is 0.500. The largest absolute Gasteiger partial charge is 0.492 e. The van der Waals surface area contributed by atoms with Gasteiger partial charge in [-0.2, -0.15) is 0 Å². The van der Waals surface area contributed by atoms with Crippen LogP contribution in [0.3, 0.4) is 0 Å². The molecule has 0 saturated heterocycles. The maximum Gasteiger partial charge on any atom is 0.137 e. The zero-order chi connectivity index (χ0) is 16.1. The van der Waals surface area contributed by atoms with Crippen LogP contribution in [-0.2, 0) is 17.9 Å². The molecule has 0 amide bonds. The van der Waals surface area contributed by atoms with E-state index in [9.17, 15) is 0 Å². The number of ether oxygens (including phenoxy) is 2. The summed E-state index contributed by atoms with van der Waals surface area (Å²) in [6.45, 7) is 1.92. The van der Waals surface area contributed by atoms with E-state index in [4.69, 9.17) is 21.1 Å². The molecule has 4 nitrogen and oxygen atoms in total. The predicted octanol–water partition coefficient (Wildman–Crippen LogP) is 4.31. The number of rotatable bonds is 7. The van der Waals surface area contributed by atoms with Gasteiger partial charge in [0.15, 0.2) is 0 Å². The number of hydrogen-bond acceptors (Lipinski definition) is 3. The molecule has 0 atom stereocenters. The number of halogens is 1. The topological polar surface area (TPSA) is 36.3 Å². The number of hydrogen-bond donors (Lipinski definition) is 0. The Morgan fingerprint density at radius 1 is 1.09 bits per heavy atom. The summed E-state index contributed by atoms with van der Waals surface area (Å²) in [5.41, 5.74) is 2.11. The third kappa shape index (κ3) is 3.66. The van der Waals surface area contributed by atoms with Crippen LogP contribution in [0.1, 0.15) is 12.2 Å². The van der Waals surface area contributed by atoms with Gasteiger partial charge in [0.2, 0.25) is 0 Å². The zero-order valence-corrected chi connectivity index (χ0v) is 13.8. The molecule has 2 aromatic carbocycles. The summed E-state index contributed by atoms with van der Waals surface area (Å²) in [6, 6.07) is 15.6. The monoisotopic (exact) mass is 330 g/mol. The molecule has 0 radical (unpaired) electrons. The second-order valence-electron chi connectivity index (χ2n) is 5.23. The molecule has 0 spiro atoms. The Labute approximate surface area is 140 Å². The van der Waals surface area contributed by atoms with E-state index in [2.05, 4.69) is 15.6 Å². The second kappa shape index (κ2) is 7.49. The fraction of sp³-hybridized carbons (Fsp3) is 0.278. The Bertz CT molecular complexity index is 786. The van der Waals surface area contributed by atoms with Crippen molar-refractivity contribution in [1.29, 1.82) is 0 Å². The number of methoxy groups -OCH3 is 1. The van der Waals surface area contributed by atoms with E-state index in [1.165, 1.54) is 0 Å². The first-order valence-corrected chi connectivity index (χ1v) is 7.98. The molecule has 120 valence electrons. The van der Waals surface area contributed by atoms with Crippen LogP contribution in [0, 0.1) is 0 Å². The van der Waals surface area contributed by atoms with E-state index in [0.29, 0.717) is 18.2 Å². The molecular weight excluding hydrogens is 312 g/mol. The van der Waals surface area contributed by atoms with Crippen LogP contribution >= 0.6 is 11.6 Å². The lowest BCUT2D eigenvalue weighted by Crippen LogP contribution is -2.08. The predicted molar refractivity (Wildman–Crippen MR) is 92.0 cm³/mol. The third-order valence-electron chi connectivity index (χ3n) is 3.63. The Morgan fingerprint density at radius 2 is 1.87 bits per heavy atom. The quantitative estimate of drug-likeness (QED) is 0.606. The average Bonchev–Trinajstić information content (AvgIpc) is 2.91. The van der Waals surface area contributed by atoms with E-state index >= 15 is 0 Å². The maximum atomic E-state index is 6.09. The molecule has 0 aliphatic carbocycles. The fourth-order valence-corrected chi connectivity index (χ4v) is 2.77. The van der Waals surface area contributed by atoms with Gasteiger partial charge in [0, 0.05) is 13.7 Å². The summed E-state index contributed by atoms with van der Waals surface area (Å²) in [5.74, 6) is 1.66. The van der Waals surface area contributed by atoms with Gasteiger partial charge in [-0.05, 0) is 30.7 Å². The molecule has 5 heteroatoms. The van der Waals surface area contributed by atoms with E-state index in [1.54, 1.807) is 7.11 Å². The van der Waals surface area contributed by atoms with E-state index < -0.39 is 0 Å². The van der Waals surface area contributed by atoms with Gasteiger partial charge in [-0.15, -0.1) is 0 Å². The van der Waals surface area contributed by atoms with Crippen molar-refractivity contribution in [3.8, 4) is 5.75 Å². The number of fused-ring (bicyclic) bond motifs is 1. The summed E-state index contributed by atoms with van der Waals surface area (Å²) in [6.07, 6.45) is 0.863. The van der Waals surface area contributed by atoms with Gasteiger partial charge in [0.25, 0.3) is 0 Å². The Kier molecular flexibility index (Phi) is 5.16. The number of aryl methyl sites for hydroxylation is 1. The average molecular weight is 331 g/mol. The highest BCUT2D eigenvalue weighted by Gasteiger charge is 2.10. The lowest BCUT2D eigenvalue weighted by atomic mass is 10.3. The van der Waals surface area contributed by atoms with E-state index in [1.807, 2.05) is 42.5 Å². The standard InChI is InChI=1S/C18H19ClN2O2/c1-22-13-18-20-15-8-3-4-9-16(15)21(18)11-6-12-23-17-10-5-2-7-14(17)19/h2-5,7-10H,6,11-13H2,1H3. The van der Waals surface area contributed by atoms with Crippen molar-refractivity contribution in [3.63, 3.8) is 0 Å². The van der Waals surface area contributed by atoms with Crippen LogP contribution < -0.4 is 4.74 Å². The van der Waals surface area contributed by atoms with Crippen LogP contribution in [0.4, 0.5) is 0 Å². The first kappa shape index (κ1) is 15.8. The zero-order valence-electron chi connectivity index (χ0n) is 13.0. The van der Waals surface area contributed by atoms with Crippen LogP contribution in [0.25, 0.3) is 11.0 Å². The van der Waals surface area contributed by atoms with Gasteiger partial charge in [-0.25, -0.2) is 4.98 Å². The molecule has 0 fully saturated rings. The molecule has 0 aliphatic rings. The molecule has 0 aliphatic heterocycles. The van der Waals surface area contributed by atoms with E-state index in [-0.39, 0.29) is 0 Å². The van der Waals surface area contributed by atoms with Crippen molar-refractivity contribution in [2.75, 3.05) is 13.7 Å². The van der Waals surface area contributed by atoms with Crippen molar-refractivity contribution in [3.05, 3.63) is 59.4 Å². The van der Waals surface area contributed by atoms with Gasteiger partial charge >= 0.3 is 0 Å². The van der Waals surface area contributed by atoms with E-state index in [0.717, 1.165) is 35.6 Å². The SMILES string of the molecule is COCc1nc2ccccc2n1CCCOc1ccccc1Cl. The number of benzene rings is 2. The lowest BCUT2D eigenvalue weighted by Gasteiger charge is -2.10. The van der Waals surface area contributed by atoms with Crippen molar-refractivity contribution in [1.82, 2.24) is 9.55 Å². The summed E-state index contributed by atoms with van der Waals surface area (Å²) < 4.78 is 13.2. The Hall–Kier alpha value is -2.04. The molecule has 0 unspecified atom stereocenters. The van der Waals surface area contributed by atoms with Crippen LogP contribution in [0.5, 0.6) is 5.75 Å². The van der Waals surface area contributed by atoms with Crippen molar-refractivity contribution < 1.29 is 9.47 Å². The van der Waals surface area contributed by atoms with Crippen LogP contribution in [-0.4, -0.2) is 23.3 Å². The van der Waals surface area contributed by atoms with Gasteiger partial charge in [-0.3, -0.25) is 0 Å². The molecule has 3 rings (SSSR count). The molecule has 0 saturated carbocycles. The van der Waals surface area contributed by atoms with Crippen LogP contribution in [0.15, 0.2) is 48.5 Å². The summed E-state index contributed by atoms with van der Waals surface area (Å²) >= 11 is 6.09. The molecule has 1 aromatic heterocycles. The highest BCUT2D eigenvalue weighted by Crippen LogP contribution is 2.23. The molecule has 1 heterocycles. The van der Waals surface area contributed by atoms with Crippen molar-refractivity contribution in [2.45, 2.75) is 19.6 Å². The summed E-state index contributed by atoms with van der Waals surface area (Å²) in [7, 11) is 1.68. The van der Waals surface area contributed by atoms with Gasteiger partial charge in [-0.1, -0.05) is 35.9 Å². The number of imidazole rings is 1. The smallest absolute Gasteiger partial charge is 0.137 e. The van der Waals surface area contributed by atoms with Gasteiger partial charge < -0.3 is 14.0 Å². The normalized spacial score (nSPS) is 11.0. The minimum atomic E-state index is 0.500. The Balaban J connectivity index is 1.67. The number of para-hydroxylation sites is 3. The molecule has 3 aromatic rings. The second-order valence-corrected chi connectivity index (χ2v) is 5.64. The molecule has 23 heavy (non-hydrogen) atoms. The molecule has 0 bridgehead atoms. The third-order valence-corrected chi connectivity index (χ3v) is 3.94. The fourth-order valence-electron chi connectivity index (χ4n) is 2.58. The van der Waals surface area contributed by atoms with Gasteiger partial charge in [0.05, 0.1) is 22.7 Å². The Morgan fingerprint density at radius 3 is 2.70 bits per heavy atom. The highest BCUT2D eigenvalue weighted by atomic mass is 35.5. The molecule has 0 N–H and O–H groups in total. The first-order chi connectivity index (χ1) is 11.3. The van der Waals surface area contributed by atoms with Gasteiger partial charge in [0.1, 0.15) is 18.2 Å². The minimum Gasteiger partial charge on any atom is -0.492 e. The summed E-state index contributed by atoms with van der Waals surface area (Å²) in [4.78, 5) is 4.63. The van der Waals surface area contributed by atoms with Crippen molar-refractivity contribution in [2.24, 2.45) is 0 Å².